The van der Waals surface area contributed by atoms with Crippen LogP contribution in [-0.4, -0.2) is 26.4 Å². The fraction of sp³-hybridized carbons (Fsp3) is 0.515. The summed E-state index contributed by atoms with van der Waals surface area (Å²) in [5, 5.41) is 0. The molecule has 0 unspecified atom stereocenters. The van der Waals surface area contributed by atoms with Crippen LogP contribution in [0.2, 0.25) is 0 Å². The quantitative estimate of drug-likeness (QED) is 0.149. The monoisotopic (exact) mass is 508 g/mol. The Balaban J connectivity index is 2.05. The first-order valence-electron chi connectivity index (χ1n) is 13.8. The van der Waals surface area contributed by atoms with E-state index in [-0.39, 0.29) is 5.41 Å². The minimum atomic E-state index is -0.271. The van der Waals surface area contributed by atoms with Crippen molar-refractivity contribution in [1.29, 1.82) is 0 Å². The number of hydrogen-bond acceptors (Lipinski definition) is 4. The first kappa shape index (κ1) is 30.3. The van der Waals surface area contributed by atoms with Gasteiger partial charge in [0, 0.05) is 16.5 Å². The lowest BCUT2D eigenvalue weighted by Gasteiger charge is -2.30. The third-order valence-electron chi connectivity index (χ3n) is 6.41. The highest BCUT2D eigenvalue weighted by molar-refractivity contribution is 5.52. The zero-order chi connectivity index (χ0) is 26.9. The summed E-state index contributed by atoms with van der Waals surface area (Å²) in [6.07, 6.45) is 13.6. The van der Waals surface area contributed by atoms with Crippen molar-refractivity contribution in [2.24, 2.45) is 0 Å². The molecule has 0 bridgehead atoms. The Bertz CT molecular complexity index is 897. The number of ether oxygens (including phenoxy) is 4. The minimum Gasteiger partial charge on any atom is -0.502 e. The van der Waals surface area contributed by atoms with Gasteiger partial charge in [0.1, 0.15) is 11.5 Å². The van der Waals surface area contributed by atoms with Gasteiger partial charge in [-0.1, -0.05) is 50.3 Å². The summed E-state index contributed by atoms with van der Waals surface area (Å²) in [5.41, 5.74) is 4.50. The maximum absolute atomic E-state index is 6.36. The smallest absolute Gasteiger partial charge is 0.123 e. The first-order chi connectivity index (χ1) is 17.9. The van der Waals surface area contributed by atoms with Gasteiger partial charge in [0.25, 0.3) is 0 Å². The van der Waals surface area contributed by atoms with Gasteiger partial charge in [-0.15, -0.1) is 0 Å². The van der Waals surface area contributed by atoms with Gasteiger partial charge in [0.15, 0.2) is 0 Å². The SMILES string of the molecule is CC=COCCCCCOc1cc(C)ccc1C(C)(C)c1ccc(C)cc1OCCCCCOC=CC. The van der Waals surface area contributed by atoms with Gasteiger partial charge in [0.2, 0.25) is 0 Å². The third kappa shape index (κ3) is 10.6. The molecule has 0 aliphatic rings. The van der Waals surface area contributed by atoms with Crippen LogP contribution in [0.25, 0.3) is 0 Å². The van der Waals surface area contributed by atoms with Gasteiger partial charge in [-0.05, 0) is 89.5 Å². The number of aryl methyl sites for hydroxylation is 2. The van der Waals surface area contributed by atoms with Crippen LogP contribution in [0.15, 0.2) is 61.1 Å². The molecule has 0 amide bonds. The zero-order valence-electron chi connectivity index (χ0n) is 24.0. The number of hydrogen-bond donors (Lipinski definition) is 0. The van der Waals surface area contributed by atoms with Crippen LogP contribution >= 0.6 is 0 Å². The largest absolute Gasteiger partial charge is 0.502 e. The van der Waals surface area contributed by atoms with E-state index in [9.17, 15) is 0 Å². The third-order valence-corrected chi connectivity index (χ3v) is 6.41. The molecule has 4 heteroatoms. The van der Waals surface area contributed by atoms with Crippen molar-refractivity contribution in [2.45, 2.75) is 85.5 Å². The summed E-state index contributed by atoms with van der Waals surface area (Å²) >= 11 is 0. The van der Waals surface area contributed by atoms with E-state index in [0.29, 0.717) is 13.2 Å². The minimum absolute atomic E-state index is 0.271. The molecular formula is C33H48O4. The Morgan fingerprint density at radius 3 is 1.41 bits per heavy atom. The number of unbranched alkanes of at least 4 members (excludes halogenated alkanes) is 4. The average Bonchev–Trinajstić information content (AvgIpc) is 2.87. The number of rotatable bonds is 18. The Morgan fingerprint density at radius 1 is 0.595 bits per heavy atom. The molecule has 0 heterocycles. The number of allylic oxidation sites excluding steroid dienone is 2. The summed E-state index contributed by atoms with van der Waals surface area (Å²) in [5.74, 6) is 1.92. The van der Waals surface area contributed by atoms with Crippen molar-refractivity contribution < 1.29 is 18.9 Å². The number of benzene rings is 2. The van der Waals surface area contributed by atoms with Crippen molar-refractivity contribution in [2.75, 3.05) is 26.4 Å². The molecule has 0 atom stereocenters. The van der Waals surface area contributed by atoms with Gasteiger partial charge >= 0.3 is 0 Å². The second-order valence-corrected chi connectivity index (χ2v) is 10.1. The molecule has 2 aromatic carbocycles. The molecule has 0 N–H and O–H groups in total. The Labute approximate surface area is 225 Å². The lowest BCUT2D eigenvalue weighted by atomic mass is 9.76. The van der Waals surface area contributed by atoms with Crippen LogP contribution in [0, 0.1) is 13.8 Å². The normalized spacial score (nSPS) is 11.8. The van der Waals surface area contributed by atoms with Crippen molar-refractivity contribution in [3.63, 3.8) is 0 Å². The summed E-state index contributed by atoms with van der Waals surface area (Å²) in [6, 6.07) is 13.1. The van der Waals surface area contributed by atoms with E-state index in [1.165, 1.54) is 22.3 Å². The molecule has 0 spiro atoms. The van der Waals surface area contributed by atoms with E-state index in [4.69, 9.17) is 18.9 Å². The van der Waals surface area contributed by atoms with Gasteiger partial charge in [-0.25, -0.2) is 0 Å². The summed E-state index contributed by atoms with van der Waals surface area (Å²) in [7, 11) is 0. The maximum Gasteiger partial charge on any atom is 0.123 e. The van der Waals surface area contributed by atoms with Crippen molar-refractivity contribution in [3.05, 3.63) is 83.3 Å². The molecule has 4 nitrogen and oxygen atoms in total. The molecular weight excluding hydrogens is 460 g/mol. The van der Waals surface area contributed by atoms with Gasteiger partial charge in [-0.2, -0.15) is 0 Å². The average molecular weight is 509 g/mol. The van der Waals surface area contributed by atoms with E-state index in [2.05, 4.69) is 64.1 Å². The molecule has 0 fully saturated rings. The van der Waals surface area contributed by atoms with Crippen LogP contribution < -0.4 is 9.47 Å². The standard InChI is InChI=1S/C33H48O4/c1-7-19-34-21-11-9-13-23-36-31-25-27(3)15-17-29(31)33(5,6)30-18-16-28(4)26-32(30)37-24-14-10-12-22-35-20-8-2/h7-8,15-20,25-26H,9-14,21-24H2,1-6H3. The van der Waals surface area contributed by atoms with Crippen LogP contribution in [0.3, 0.4) is 0 Å². The zero-order valence-corrected chi connectivity index (χ0v) is 24.0. The predicted molar refractivity (Wildman–Crippen MR) is 155 cm³/mol. The Morgan fingerprint density at radius 2 is 1.00 bits per heavy atom. The van der Waals surface area contributed by atoms with Gasteiger partial charge < -0.3 is 18.9 Å². The maximum atomic E-state index is 6.36. The predicted octanol–water partition coefficient (Wildman–Crippen LogP) is 8.83. The highest BCUT2D eigenvalue weighted by Crippen LogP contribution is 2.42. The molecule has 0 saturated carbocycles. The molecule has 0 saturated heterocycles. The molecule has 0 radical (unpaired) electrons. The van der Waals surface area contributed by atoms with E-state index in [1.54, 1.807) is 12.5 Å². The Hall–Kier alpha value is -2.88. The van der Waals surface area contributed by atoms with Gasteiger partial charge in [-0.3, -0.25) is 0 Å². The van der Waals surface area contributed by atoms with Crippen LogP contribution in [0.1, 0.15) is 88.5 Å². The molecule has 37 heavy (non-hydrogen) atoms. The molecule has 0 aliphatic carbocycles. The fourth-order valence-corrected chi connectivity index (χ4v) is 4.30. The lowest BCUT2D eigenvalue weighted by molar-refractivity contribution is 0.232. The van der Waals surface area contributed by atoms with E-state index in [0.717, 1.165) is 63.2 Å². The summed E-state index contributed by atoms with van der Waals surface area (Å²) in [4.78, 5) is 0. The highest BCUT2D eigenvalue weighted by Gasteiger charge is 2.30. The topological polar surface area (TPSA) is 36.9 Å². The first-order valence-corrected chi connectivity index (χ1v) is 13.8. The fourth-order valence-electron chi connectivity index (χ4n) is 4.30. The van der Waals surface area contributed by atoms with E-state index >= 15 is 0 Å². The second kappa shape index (κ2) is 16.8. The van der Waals surface area contributed by atoms with Crippen LogP contribution in [0.4, 0.5) is 0 Å². The van der Waals surface area contributed by atoms with E-state index in [1.807, 2.05) is 26.0 Å². The molecule has 2 rings (SSSR count). The molecule has 204 valence electrons. The molecule has 0 aliphatic heterocycles. The summed E-state index contributed by atoms with van der Waals surface area (Å²) < 4.78 is 23.5. The van der Waals surface area contributed by atoms with Crippen LogP contribution in [-0.2, 0) is 14.9 Å². The van der Waals surface area contributed by atoms with E-state index < -0.39 is 0 Å². The summed E-state index contributed by atoms with van der Waals surface area (Å²) in [6.45, 7) is 15.6. The van der Waals surface area contributed by atoms with Crippen LogP contribution in [0.5, 0.6) is 11.5 Å². The van der Waals surface area contributed by atoms with Crippen molar-refractivity contribution in [1.82, 2.24) is 0 Å². The Kier molecular flexibility index (Phi) is 13.8. The molecule has 0 aromatic heterocycles. The molecule has 2 aromatic rings. The van der Waals surface area contributed by atoms with Crippen molar-refractivity contribution >= 4 is 0 Å². The highest BCUT2D eigenvalue weighted by atomic mass is 16.5. The lowest BCUT2D eigenvalue weighted by Crippen LogP contribution is -2.22. The van der Waals surface area contributed by atoms with Crippen molar-refractivity contribution in [3.8, 4) is 11.5 Å². The second-order valence-electron chi connectivity index (χ2n) is 10.1. The van der Waals surface area contributed by atoms with Gasteiger partial charge in [0.05, 0.1) is 39.0 Å².